The van der Waals surface area contributed by atoms with Crippen LogP contribution in [0.5, 0.6) is 0 Å². The number of nitrogens with one attached hydrogen (secondary N) is 1. The minimum atomic E-state index is -0.163. The molecule has 3 heteroatoms. The van der Waals surface area contributed by atoms with Gasteiger partial charge in [0.05, 0.1) is 11.6 Å². The molecule has 0 bridgehead atoms. The molecule has 0 saturated heterocycles. The molecule has 21 heavy (non-hydrogen) atoms. The summed E-state index contributed by atoms with van der Waals surface area (Å²) in [5, 5.41) is 0. The highest BCUT2D eigenvalue weighted by atomic mass is 16.5. The van der Waals surface area contributed by atoms with Gasteiger partial charge in [-0.1, -0.05) is 57.4 Å². The van der Waals surface area contributed by atoms with Crippen molar-refractivity contribution in [2.45, 2.75) is 64.0 Å². The van der Waals surface area contributed by atoms with E-state index < -0.39 is 0 Å². The summed E-state index contributed by atoms with van der Waals surface area (Å²) in [6.07, 6.45) is 7.00. The SMILES string of the molecule is COC1(C(NN)c2cccc(CC(C)C)c2)CCCCC1. The third-order valence-corrected chi connectivity index (χ3v) is 4.73. The zero-order valence-corrected chi connectivity index (χ0v) is 13.7. The first kappa shape index (κ1) is 16.5. The predicted octanol–water partition coefficient (Wildman–Crippen LogP) is 3.74. The lowest BCUT2D eigenvalue weighted by molar-refractivity contribution is -0.0688. The molecule has 3 N–H and O–H groups in total. The number of hydrogen-bond acceptors (Lipinski definition) is 3. The molecule has 0 aliphatic heterocycles. The van der Waals surface area contributed by atoms with Crippen molar-refractivity contribution in [1.82, 2.24) is 5.43 Å². The number of nitrogens with two attached hydrogens (primary N) is 1. The van der Waals surface area contributed by atoms with E-state index in [4.69, 9.17) is 10.6 Å². The van der Waals surface area contributed by atoms with Crippen molar-refractivity contribution in [2.24, 2.45) is 11.8 Å². The zero-order valence-electron chi connectivity index (χ0n) is 13.7. The van der Waals surface area contributed by atoms with Crippen LogP contribution in [0.15, 0.2) is 24.3 Å². The fourth-order valence-corrected chi connectivity index (χ4v) is 3.68. The largest absolute Gasteiger partial charge is 0.376 e. The predicted molar refractivity (Wildman–Crippen MR) is 87.9 cm³/mol. The molecule has 0 aromatic heterocycles. The molecule has 1 aliphatic carbocycles. The first-order valence-corrected chi connectivity index (χ1v) is 8.21. The van der Waals surface area contributed by atoms with Crippen LogP contribution >= 0.6 is 0 Å². The maximum Gasteiger partial charge on any atom is 0.0885 e. The van der Waals surface area contributed by atoms with Gasteiger partial charge >= 0.3 is 0 Å². The maximum absolute atomic E-state index is 5.96. The summed E-state index contributed by atoms with van der Waals surface area (Å²) < 4.78 is 5.96. The Bertz CT molecular complexity index is 439. The molecule has 0 heterocycles. The van der Waals surface area contributed by atoms with Gasteiger partial charge in [0.2, 0.25) is 0 Å². The summed E-state index contributed by atoms with van der Waals surface area (Å²) in [4.78, 5) is 0. The van der Waals surface area contributed by atoms with Gasteiger partial charge in [-0.25, -0.2) is 0 Å². The molecule has 1 aliphatic rings. The second-order valence-corrected chi connectivity index (χ2v) is 6.77. The van der Waals surface area contributed by atoms with E-state index in [1.807, 2.05) is 7.11 Å². The Morgan fingerprint density at radius 3 is 2.52 bits per heavy atom. The third-order valence-electron chi connectivity index (χ3n) is 4.73. The molecular formula is C18H30N2O. The van der Waals surface area contributed by atoms with Crippen LogP contribution < -0.4 is 11.3 Å². The van der Waals surface area contributed by atoms with E-state index >= 15 is 0 Å². The molecule has 118 valence electrons. The van der Waals surface area contributed by atoms with Crippen molar-refractivity contribution >= 4 is 0 Å². The quantitative estimate of drug-likeness (QED) is 0.620. The Morgan fingerprint density at radius 2 is 1.95 bits per heavy atom. The number of methoxy groups -OCH3 is 1. The Hall–Kier alpha value is -0.900. The van der Waals surface area contributed by atoms with E-state index in [-0.39, 0.29) is 11.6 Å². The second kappa shape index (κ2) is 7.39. The number of rotatable bonds is 6. The molecule has 0 amide bonds. The Balaban J connectivity index is 2.27. The van der Waals surface area contributed by atoms with E-state index in [1.165, 1.54) is 30.4 Å². The first-order valence-electron chi connectivity index (χ1n) is 8.21. The van der Waals surface area contributed by atoms with Crippen LogP contribution in [-0.2, 0) is 11.2 Å². The van der Waals surface area contributed by atoms with Crippen molar-refractivity contribution in [3.63, 3.8) is 0 Å². The summed E-state index contributed by atoms with van der Waals surface area (Å²) in [5.74, 6) is 6.58. The summed E-state index contributed by atoms with van der Waals surface area (Å²) in [7, 11) is 1.83. The molecular weight excluding hydrogens is 260 g/mol. The van der Waals surface area contributed by atoms with Crippen molar-refractivity contribution in [3.8, 4) is 0 Å². The minimum Gasteiger partial charge on any atom is -0.376 e. The Morgan fingerprint density at radius 1 is 1.24 bits per heavy atom. The van der Waals surface area contributed by atoms with Crippen LogP contribution in [0.2, 0.25) is 0 Å². The topological polar surface area (TPSA) is 47.3 Å². The molecule has 1 fully saturated rings. The number of hydrogen-bond donors (Lipinski definition) is 2. The highest BCUT2D eigenvalue weighted by Crippen LogP contribution is 2.40. The molecule has 1 atom stereocenters. The molecule has 1 aromatic rings. The smallest absolute Gasteiger partial charge is 0.0885 e. The van der Waals surface area contributed by atoms with Crippen LogP contribution in [0.1, 0.15) is 63.1 Å². The van der Waals surface area contributed by atoms with Gasteiger partial charge in [-0.05, 0) is 36.3 Å². The highest BCUT2D eigenvalue weighted by molar-refractivity contribution is 5.28. The molecule has 2 rings (SSSR count). The zero-order chi connectivity index (χ0) is 15.3. The minimum absolute atomic E-state index is 0.0647. The van der Waals surface area contributed by atoms with Crippen LogP contribution in [0, 0.1) is 5.92 Å². The summed E-state index contributed by atoms with van der Waals surface area (Å²) in [5.41, 5.74) is 5.50. The monoisotopic (exact) mass is 290 g/mol. The molecule has 0 radical (unpaired) electrons. The molecule has 1 unspecified atom stereocenters. The lowest BCUT2D eigenvalue weighted by atomic mass is 9.76. The molecule has 3 nitrogen and oxygen atoms in total. The third kappa shape index (κ3) is 3.85. The summed E-state index contributed by atoms with van der Waals surface area (Å²) in [6, 6.07) is 8.87. The summed E-state index contributed by atoms with van der Waals surface area (Å²) in [6.45, 7) is 4.51. The van der Waals surface area contributed by atoms with Gasteiger partial charge < -0.3 is 4.74 Å². The van der Waals surface area contributed by atoms with E-state index in [0.29, 0.717) is 5.92 Å². The van der Waals surface area contributed by atoms with Gasteiger partial charge in [-0.2, -0.15) is 0 Å². The second-order valence-electron chi connectivity index (χ2n) is 6.77. The number of hydrazine groups is 1. The number of benzene rings is 1. The van der Waals surface area contributed by atoms with Gasteiger partial charge in [0.15, 0.2) is 0 Å². The van der Waals surface area contributed by atoms with Gasteiger partial charge in [0, 0.05) is 7.11 Å². The van der Waals surface area contributed by atoms with Crippen molar-refractivity contribution in [3.05, 3.63) is 35.4 Å². The standard InChI is InChI=1S/C18H30N2O/c1-14(2)12-15-8-7-9-16(13-15)17(20-19)18(21-3)10-5-4-6-11-18/h7-9,13-14,17,20H,4-6,10-12,19H2,1-3H3. The Labute approximate surface area is 129 Å². The Kier molecular flexibility index (Phi) is 5.80. The van der Waals surface area contributed by atoms with Gasteiger partial charge in [0.25, 0.3) is 0 Å². The lowest BCUT2D eigenvalue weighted by Crippen LogP contribution is -2.49. The van der Waals surface area contributed by atoms with Gasteiger partial charge in [-0.15, -0.1) is 0 Å². The average molecular weight is 290 g/mol. The van der Waals surface area contributed by atoms with E-state index in [0.717, 1.165) is 19.3 Å². The summed E-state index contributed by atoms with van der Waals surface area (Å²) >= 11 is 0. The molecule has 0 spiro atoms. The van der Waals surface area contributed by atoms with Crippen molar-refractivity contribution in [2.75, 3.05) is 7.11 Å². The number of ether oxygens (including phenoxy) is 1. The van der Waals surface area contributed by atoms with Gasteiger partial charge in [0.1, 0.15) is 0 Å². The highest BCUT2D eigenvalue weighted by Gasteiger charge is 2.40. The molecule has 1 saturated carbocycles. The van der Waals surface area contributed by atoms with Crippen LogP contribution in [0.3, 0.4) is 0 Å². The lowest BCUT2D eigenvalue weighted by Gasteiger charge is -2.42. The van der Waals surface area contributed by atoms with E-state index in [9.17, 15) is 0 Å². The average Bonchev–Trinajstić information content (AvgIpc) is 2.48. The van der Waals surface area contributed by atoms with Crippen molar-refractivity contribution < 1.29 is 4.74 Å². The normalized spacial score (nSPS) is 19.7. The van der Waals surface area contributed by atoms with E-state index in [2.05, 4.69) is 43.5 Å². The van der Waals surface area contributed by atoms with E-state index in [1.54, 1.807) is 0 Å². The van der Waals surface area contributed by atoms with Crippen LogP contribution in [0.4, 0.5) is 0 Å². The fraction of sp³-hybridized carbons (Fsp3) is 0.667. The van der Waals surface area contributed by atoms with Crippen LogP contribution in [0.25, 0.3) is 0 Å². The van der Waals surface area contributed by atoms with Crippen LogP contribution in [-0.4, -0.2) is 12.7 Å². The fourth-order valence-electron chi connectivity index (χ4n) is 3.68. The van der Waals surface area contributed by atoms with Gasteiger partial charge in [-0.3, -0.25) is 11.3 Å². The van der Waals surface area contributed by atoms with Crippen molar-refractivity contribution in [1.29, 1.82) is 0 Å². The molecule has 1 aromatic carbocycles. The maximum atomic E-state index is 5.96. The first-order chi connectivity index (χ1) is 10.1.